The molecular weight excluding hydrogens is 320 g/mol. The molecule has 0 spiro atoms. The minimum absolute atomic E-state index is 1.21. The van der Waals surface area contributed by atoms with Crippen LogP contribution in [-0.4, -0.2) is 4.98 Å². The summed E-state index contributed by atoms with van der Waals surface area (Å²) in [5, 5.41) is 1.28. The Kier molecular flexibility index (Phi) is 5.48. The fourth-order valence-corrected chi connectivity index (χ4v) is 1.49. The van der Waals surface area contributed by atoms with Gasteiger partial charge in [0.1, 0.15) is 16.3 Å². The molecule has 0 radical (unpaired) electrons. The van der Waals surface area contributed by atoms with Crippen LogP contribution in [0.4, 0.5) is 0 Å². The number of hydrogen-bond donors (Lipinski definition) is 1. The van der Waals surface area contributed by atoms with Gasteiger partial charge in [-0.25, -0.2) is 7.69 Å². The van der Waals surface area contributed by atoms with Crippen LogP contribution in [0.15, 0.2) is 36.5 Å². The van der Waals surface area contributed by atoms with Crippen molar-refractivity contribution in [1.29, 1.82) is 0 Å². The lowest BCUT2D eigenvalue weighted by atomic mass is 10.3. The normalized spacial score (nSPS) is 13.9. The van der Waals surface area contributed by atoms with Crippen LogP contribution in [0.2, 0.25) is 0 Å². The van der Waals surface area contributed by atoms with Crippen molar-refractivity contribution < 1.29 is 17.1 Å². The Morgan fingerprint density at radius 1 is 1.38 bits per heavy atom. The first-order chi connectivity index (χ1) is 7.59. The van der Waals surface area contributed by atoms with Gasteiger partial charge in [0, 0.05) is 11.7 Å². The number of rotatable bonds is 2. The van der Waals surface area contributed by atoms with Gasteiger partial charge in [-0.1, -0.05) is 18.2 Å². The van der Waals surface area contributed by atoms with Gasteiger partial charge in [-0.2, -0.15) is 0 Å². The molecule has 2 aromatic rings. The third kappa shape index (κ3) is 4.25. The number of H-pyrrole nitrogens is 1. The SMILES string of the molecule is O=P([O-])(OCl)OBr.c1ccc2[nH]ccc2c1. The summed E-state index contributed by atoms with van der Waals surface area (Å²) in [6.45, 7) is 0. The van der Waals surface area contributed by atoms with Crippen molar-refractivity contribution in [2.45, 2.75) is 0 Å². The van der Waals surface area contributed by atoms with Crippen molar-refractivity contribution in [3.8, 4) is 0 Å². The van der Waals surface area contributed by atoms with Crippen LogP contribution in [0.3, 0.4) is 0 Å². The molecule has 16 heavy (non-hydrogen) atoms. The third-order valence-corrected chi connectivity index (χ3v) is 3.54. The molecule has 1 heterocycles. The Bertz CT molecular complexity index is 453. The summed E-state index contributed by atoms with van der Waals surface area (Å²) in [7, 11) is -4.22. The standard InChI is InChI=1S/C8H7N.BrClHO4P/c1-2-4-8-7(3-1)5-6-9-8;1-5-7(3,4)6-2/h1-6,9H;(H,3,4)/p-1. The number of aromatic nitrogens is 1. The average molecular weight is 327 g/mol. The molecule has 0 saturated heterocycles. The molecule has 0 aliphatic heterocycles. The molecule has 1 aromatic carbocycles. The molecule has 1 N–H and O–H groups in total. The first-order valence-electron chi connectivity index (χ1n) is 4.03. The van der Waals surface area contributed by atoms with E-state index in [1.54, 1.807) is 0 Å². The molecular formula is C8H7BrClNO4P-. The van der Waals surface area contributed by atoms with Crippen molar-refractivity contribution >= 4 is 46.9 Å². The molecule has 1 atom stereocenters. The van der Waals surface area contributed by atoms with Crippen LogP contribution in [0.5, 0.6) is 0 Å². The molecule has 8 heteroatoms. The van der Waals surface area contributed by atoms with E-state index in [0.29, 0.717) is 0 Å². The van der Waals surface area contributed by atoms with Gasteiger partial charge in [0.2, 0.25) is 0 Å². The quantitative estimate of drug-likeness (QED) is 0.860. The van der Waals surface area contributed by atoms with Crippen LogP contribution in [0.1, 0.15) is 0 Å². The van der Waals surface area contributed by atoms with Gasteiger partial charge in [-0.05, 0) is 17.5 Å². The van der Waals surface area contributed by atoms with E-state index < -0.39 is 7.82 Å². The number of fused-ring (bicyclic) bond motifs is 1. The van der Waals surface area contributed by atoms with Gasteiger partial charge in [0.05, 0.1) is 11.9 Å². The highest BCUT2D eigenvalue weighted by Crippen LogP contribution is 2.41. The number of para-hydroxylation sites is 1. The molecule has 2 rings (SSSR count). The van der Waals surface area contributed by atoms with Crippen molar-refractivity contribution in [3.05, 3.63) is 36.5 Å². The number of benzene rings is 1. The maximum atomic E-state index is 9.77. The lowest BCUT2D eigenvalue weighted by Gasteiger charge is -2.11. The summed E-state index contributed by atoms with van der Waals surface area (Å²) < 4.78 is 16.6. The molecule has 88 valence electrons. The zero-order chi connectivity index (χ0) is 12.0. The fraction of sp³-hybridized carbons (Fsp3) is 0. The van der Waals surface area contributed by atoms with Crippen LogP contribution < -0.4 is 4.89 Å². The van der Waals surface area contributed by atoms with Gasteiger partial charge < -0.3 is 9.88 Å². The average Bonchev–Trinajstić information content (AvgIpc) is 2.78. The maximum Gasteiger partial charge on any atom is 0.295 e. The Labute approximate surface area is 106 Å². The zero-order valence-electron chi connectivity index (χ0n) is 7.80. The van der Waals surface area contributed by atoms with Gasteiger partial charge in [-0.3, -0.25) is 4.57 Å². The van der Waals surface area contributed by atoms with Gasteiger partial charge in [0.25, 0.3) is 7.82 Å². The second kappa shape index (κ2) is 6.39. The summed E-state index contributed by atoms with van der Waals surface area (Å²) in [5.74, 6) is 0. The summed E-state index contributed by atoms with van der Waals surface area (Å²) in [4.78, 5) is 12.9. The number of aromatic amines is 1. The van der Waals surface area contributed by atoms with Crippen molar-refractivity contribution in [2.24, 2.45) is 0 Å². The summed E-state index contributed by atoms with van der Waals surface area (Å²) in [6, 6.07) is 10.3. The molecule has 5 nitrogen and oxygen atoms in total. The topological polar surface area (TPSA) is 74.4 Å². The lowest BCUT2D eigenvalue weighted by Crippen LogP contribution is -1.97. The number of phosphoric acid groups is 1. The summed E-state index contributed by atoms with van der Waals surface area (Å²) in [6.07, 6.45) is 1.95. The minimum Gasteiger partial charge on any atom is -0.755 e. The fourth-order valence-electron chi connectivity index (χ4n) is 1.01. The van der Waals surface area contributed by atoms with Crippen LogP contribution in [0.25, 0.3) is 10.9 Å². The van der Waals surface area contributed by atoms with Gasteiger partial charge in [0.15, 0.2) is 0 Å². The van der Waals surface area contributed by atoms with Gasteiger partial charge in [-0.15, -0.1) is 0 Å². The summed E-state index contributed by atoms with van der Waals surface area (Å²) >= 11 is 6.51. The molecule has 0 amide bonds. The highest BCUT2D eigenvalue weighted by Gasteiger charge is 2.03. The lowest BCUT2D eigenvalue weighted by molar-refractivity contribution is -0.206. The van der Waals surface area contributed by atoms with E-state index in [1.807, 2.05) is 18.3 Å². The molecule has 0 fully saturated rings. The Balaban J connectivity index is 0.000000168. The second-order valence-corrected chi connectivity index (χ2v) is 5.10. The van der Waals surface area contributed by atoms with Crippen molar-refractivity contribution in [2.75, 3.05) is 0 Å². The second-order valence-electron chi connectivity index (χ2n) is 2.65. The minimum atomic E-state index is -4.22. The Morgan fingerprint density at radius 3 is 2.56 bits per heavy atom. The molecule has 1 aromatic heterocycles. The molecule has 1 unspecified atom stereocenters. The maximum absolute atomic E-state index is 9.77. The first kappa shape index (κ1) is 13.7. The molecule has 0 aliphatic carbocycles. The number of nitrogens with one attached hydrogen (secondary N) is 1. The highest BCUT2D eigenvalue weighted by molar-refractivity contribution is 9.06. The molecule has 0 bridgehead atoms. The zero-order valence-corrected chi connectivity index (χ0v) is 11.0. The van der Waals surface area contributed by atoms with Crippen molar-refractivity contribution in [3.63, 3.8) is 0 Å². The summed E-state index contributed by atoms with van der Waals surface area (Å²) in [5.41, 5.74) is 1.21. The largest absolute Gasteiger partial charge is 0.755 e. The number of hydrogen-bond acceptors (Lipinski definition) is 4. The predicted molar refractivity (Wildman–Crippen MR) is 62.9 cm³/mol. The van der Waals surface area contributed by atoms with Crippen LogP contribution in [-0.2, 0) is 12.3 Å². The monoisotopic (exact) mass is 326 g/mol. The van der Waals surface area contributed by atoms with Crippen molar-refractivity contribution in [1.82, 2.24) is 4.98 Å². The van der Waals surface area contributed by atoms with E-state index in [9.17, 15) is 9.46 Å². The van der Waals surface area contributed by atoms with E-state index in [1.165, 1.54) is 10.9 Å². The Morgan fingerprint density at radius 2 is 2.06 bits per heavy atom. The molecule has 0 aliphatic rings. The number of halogens is 2. The molecule has 0 saturated carbocycles. The first-order valence-corrected chi connectivity index (χ1v) is 6.44. The third-order valence-electron chi connectivity index (χ3n) is 1.63. The van der Waals surface area contributed by atoms with E-state index in [-0.39, 0.29) is 0 Å². The highest BCUT2D eigenvalue weighted by atomic mass is 79.9. The Hall–Kier alpha value is -0.360. The van der Waals surface area contributed by atoms with E-state index >= 15 is 0 Å². The van der Waals surface area contributed by atoms with E-state index in [4.69, 9.17) is 0 Å². The predicted octanol–water partition coefficient (Wildman–Crippen LogP) is 3.12. The van der Waals surface area contributed by atoms with Crippen LogP contribution >= 0.6 is 35.9 Å². The van der Waals surface area contributed by atoms with Gasteiger partial charge >= 0.3 is 0 Å². The smallest absolute Gasteiger partial charge is 0.295 e. The van der Waals surface area contributed by atoms with E-state index in [2.05, 4.69) is 59.0 Å². The van der Waals surface area contributed by atoms with Crippen LogP contribution in [0, 0.1) is 0 Å². The van der Waals surface area contributed by atoms with E-state index in [0.717, 1.165) is 0 Å².